The molecule has 2 unspecified atom stereocenters. The summed E-state index contributed by atoms with van der Waals surface area (Å²) < 4.78 is 20.5. The fourth-order valence-electron chi connectivity index (χ4n) is 9.01. The lowest BCUT2D eigenvalue weighted by Gasteiger charge is -2.44. The van der Waals surface area contributed by atoms with Gasteiger partial charge in [-0.1, -0.05) is 70.2 Å². The van der Waals surface area contributed by atoms with Crippen LogP contribution >= 0.6 is 0 Å². The van der Waals surface area contributed by atoms with Crippen LogP contribution in [0.15, 0.2) is 97.1 Å². The van der Waals surface area contributed by atoms with Crippen molar-refractivity contribution >= 4 is 17.3 Å². The molecule has 0 N–H and O–H groups in total. The molecule has 4 heterocycles. The molecule has 2 atom stereocenters. The molecule has 0 radical (unpaired) electrons. The number of nitrogens with zero attached hydrogens (tertiary/aromatic N) is 2. The molecule has 54 heavy (non-hydrogen) atoms. The van der Waals surface area contributed by atoms with E-state index in [0.29, 0.717) is 40.7 Å². The van der Waals surface area contributed by atoms with Gasteiger partial charge in [-0.15, -0.1) is 0 Å². The zero-order valence-electron chi connectivity index (χ0n) is 31.4. The molecule has 0 saturated carbocycles. The van der Waals surface area contributed by atoms with Crippen LogP contribution in [-0.2, 0) is 32.3 Å². The maximum absolute atomic E-state index is 13.9. The second kappa shape index (κ2) is 13.5. The Hall–Kier alpha value is -5.31. The van der Waals surface area contributed by atoms with E-state index in [0.717, 1.165) is 96.6 Å². The van der Waals surface area contributed by atoms with Gasteiger partial charge in [-0.3, -0.25) is 0 Å². The van der Waals surface area contributed by atoms with Gasteiger partial charge in [0.15, 0.2) is 11.2 Å². The lowest BCUT2D eigenvalue weighted by atomic mass is 9.72. The summed E-state index contributed by atoms with van der Waals surface area (Å²) in [6.45, 7) is 12.8. The van der Waals surface area contributed by atoms with Gasteiger partial charge in [0.2, 0.25) is 0 Å². The number of ether oxygens (including phenoxy) is 3. The highest BCUT2D eigenvalue weighted by Crippen LogP contribution is 2.62. The van der Waals surface area contributed by atoms with E-state index in [-0.39, 0.29) is 5.97 Å². The van der Waals surface area contributed by atoms with Crippen molar-refractivity contribution in [2.24, 2.45) is 0 Å². The van der Waals surface area contributed by atoms with Crippen LogP contribution in [-0.4, -0.2) is 32.1 Å². The topological polar surface area (TPSA) is 69.7 Å². The molecule has 0 bridgehead atoms. The monoisotopic (exact) mass is 722 g/mol. The van der Waals surface area contributed by atoms with Gasteiger partial charge in [-0.05, 0) is 67.6 Å². The van der Waals surface area contributed by atoms with E-state index in [9.17, 15) is 4.79 Å². The summed E-state index contributed by atoms with van der Waals surface area (Å²) in [7, 11) is 0. The van der Waals surface area contributed by atoms with Gasteiger partial charge in [0.25, 0.3) is 0 Å². The van der Waals surface area contributed by atoms with E-state index in [1.807, 2.05) is 42.5 Å². The summed E-state index contributed by atoms with van der Waals surface area (Å²) in [5.74, 6) is 2.10. The van der Waals surface area contributed by atoms with E-state index in [1.54, 1.807) is 0 Å². The first kappa shape index (κ1) is 34.5. The summed E-state index contributed by atoms with van der Waals surface area (Å²) in [5, 5.41) is 0. The molecule has 0 aliphatic carbocycles. The standard InChI is InChI=1S/C46H46N2O6/c1-5-21-47(22-6-2)31-17-19-36-40(25-31)51-42-28-43-39(27-38(42)45(36)35-16-12-10-14-33(35)44(49)53-45)46(34-15-11-9-13-30(34)29-50-54-46)37-20-18-32(26-41(37)52-43)48(23-7-3)24-8-4/h9-20,25-28H,5-8,21-24,29H2,1-4H3. The third kappa shape index (κ3) is 5.07. The van der Waals surface area contributed by atoms with Gasteiger partial charge in [-0.2, -0.15) is 0 Å². The van der Waals surface area contributed by atoms with Gasteiger partial charge in [0, 0.05) is 89.1 Å². The van der Waals surface area contributed by atoms with E-state index in [1.165, 1.54) is 0 Å². The van der Waals surface area contributed by atoms with Gasteiger partial charge in [-0.25, -0.2) is 14.6 Å². The Bertz CT molecular complexity index is 2260. The first-order valence-corrected chi connectivity index (χ1v) is 19.5. The SMILES string of the molecule is CCCN(CCC)c1ccc2c(c1)Oc1cc3c(cc1C21OOCc2ccccc21)C1(OC(=O)c2ccccc21)c1ccc(N(CCC)CCC)cc1O3. The largest absolute Gasteiger partial charge is 0.456 e. The Morgan fingerprint density at radius 3 is 1.67 bits per heavy atom. The minimum Gasteiger partial charge on any atom is -0.456 e. The fourth-order valence-corrected chi connectivity index (χ4v) is 9.01. The van der Waals surface area contributed by atoms with Gasteiger partial charge >= 0.3 is 5.97 Å². The number of hydrogen-bond acceptors (Lipinski definition) is 8. The number of fused-ring (bicyclic) bond motifs is 12. The molecule has 8 nitrogen and oxygen atoms in total. The van der Waals surface area contributed by atoms with Crippen molar-refractivity contribution in [3.05, 3.63) is 142 Å². The molecule has 4 aliphatic rings. The number of carbonyl (C=O) groups excluding carboxylic acids is 1. The number of benzene rings is 5. The average molecular weight is 723 g/mol. The molecule has 9 rings (SSSR count). The van der Waals surface area contributed by atoms with Crippen LogP contribution in [0.25, 0.3) is 0 Å². The summed E-state index contributed by atoms with van der Waals surface area (Å²) >= 11 is 0. The van der Waals surface area contributed by atoms with Crippen LogP contribution < -0.4 is 19.3 Å². The Kier molecular flexibility index (Phi) is 8.63. The Balaban J connectivity index is 1.29. The van der Waals surface area contributed by atoms with Crippen LogP contribution in [0.5, 0.6) is 23.0 Å². The lowest BCUT2D eigenvalue weighted by Crippen LogP contribution is -2.40. The van der Waals surface area contributed by atoms with Gasteiger partial charge < -0.3 is 24.0 Å². The predicted octanol–water partition coefficient (Wildman–Crippen LogP) is 10.4. The van der Waals surface area contributed by atoms with Crippen LogP contribution in [0, 0.1) is 0 Å². The zero-order valence-corrected chi connectivity index (χ0v) is 31.4. The van der Waals surface area contributed by atoms with Crippen molar-refractivity contribution in [2.75, 3.05) is 36.0 Å². The van der Waals surface area contributed by atoms with Crippen LogP contribution in [0.2, 0.25) is 0 Å². The molecule has 8 heteroatoms. The maximum Gasteiger partial charge on any atom is 0.340 e. The smallest absolute Gasteiger partial charge is 0.340 e. The molecular weight excluding hydrogens is 677 g/mol. The summed E-state index contributed by atoms with van der Waals surface area (Å²) in [6.07, 6.45) is 4.11. The highest BCUT2D eigenvalue weighted by atomic mass is 17.2. The molecule has 0 aromatic heterocycles. The normalized spacial score (nSPS) is 19.7. The number of hydrogen-bond donors (Lipinski definition) is 0. The van der Waals surface area contributed by atoms with E-state index in [2.05, 4.69) is 92.1 Å². The van der Waals surface area contributed by atoms with Crippen LogP contribution in [0.1, 0.15) is 103 Å². The Morgan fingerprint density at radius 1 is 0.537 bits per heavy atom. The molecule has 276 valence electrons. The minimum absolute atomic E-state index is 0.314. The molecule has 0 fully saturated rings. The summed E-state index contributed by atoms with van der Waals surface area (Å²) in [4.78, 5) is 31.3. The maximum atomic E-state index is 13.9. The van der Waals surface area contributed by atoms with Crippen molar-refractivity contribution in [1.82, 2.24) is 0 Å². The predicted molar refractivity (Wildman–Crippen MR) is 209 cm³/mol. The molecular formula is C46H46N2O6. The van der Waals surface area contributed by atoms with Gasteiger partial charge in [0.05, 0.1) is 5.56 Å². The highest BCUT2D eigenvalue weighted by Gasteiger charge is 2.56. The van der Waals surface area contributed by atoms with Crippen LogP contribution in [0.3, 0.4) is 0 Å². The number of carbonyl (C=O) groups is 1. The Morgan fingerprint density at radius 2 is 1.06 bits per heavy atom. The highest BCUT2D eigenvalue weighted by molar-refractivity contribution is 5.97. The lowest BCUT2D eigenvalue weighted by molar-refractivity contribution is -0.364. The number of rotatable bonds is 10. The second-order valence-corrected chi connectivity index (χ2v) is 14.7. The summed E-state index contributed by atoms with van der Waals surface area (Å²) in [5.41, 5.74) is 6.06. The second-order valence-electron chi connectivity index (χ2n) is 14.7. The minimum atomic E-state index is -1.27. The number of anilines is 2. The fraction of sp³-hybridized carbons (Fsp3) is 0.326. The van der Waals surface area contributed by atoms with Crippen LogP contribution in [0.4, 0.5) is 11.4 Å². The first-order valence-electron chi connectivity index (χ1n) is 19.5. The van der Waals surface area contributed by atoms with E-state index < -0.39 is 11.2 Å². The quantitative estimate of drug-likeness (QED) is 0.104. The van der Waals surface area contributed by atoms with Crippen molar-refractivity contribution in [2.45, 2.75) is 71.2 Å². The summed E-state index contributed by atoms with van der Waals surface area (Å²) in [6, 6.07) is 32.6. The van der Waals surface area contributed by atoms with Crippen molar-refractivity contribution < 1.29 is 28.8 Å². The number of esters is 1. The third-order valence-electron chi connectivity index (χ3n) is 11.2. The molecule has 0 saturated heterocycles. The third-order valence-corrected chi connectivity index (χ3v) is 11.2. The molecule has 2 spiro atoms. The molecule has 5 aromatic carbocycles. The van der Waals surface area contributed by atoms with Crippen molar-refractivity contribution in [1.29, 1.82) is 0 Å². The average Bonchev–Trinajstić information content (AvgIpc) is 3.49. The van der Waals surface area contributed by atoms with Crippen molar-refractivity contribution in [3.63, 3.8) is 0 Å². The van der Waals surface area contributed by atoms with Gasteiger partial charge in [0.1, 0.15) is 29.6 Å². The molecule has 4 aliphatic heterocycles. The molecule has 5 aromatic rings. The van der Waals surface area contributed by atoms with E-state index >= 15 is 0 Å². The first-order chi connectivity index (χ1) is 26.5. The Labute approximate surface area is 317 Å². The zero-order chi connectivity index (χ0) is 37.0. The van der Waals surface area contributed by atoms with E-state index in [4.69, 9.17) is 24.0 Å². The molecule has 0 amide bonds. The van der Waals surface area contributed by atoms with Crippen molar-refractivity contribution in [3.8, 4) is 23.0 Å².